The van der Waals surface area contributed by atoms with E-state index < -0.39 is 9.84 Å². The minimum Gasteiger partial charge on any atom is -0.483 e. The number of nitrogens with zero attached hydrogens (tertiary/aromatic N) is 1. The van der Waals surface area contributed by atoms with E-state index in [1.807, 2.05) is 45.0 Å². The van der Waals surface area contributed by atoms with Crippen LogP contribution in [0.3, 0.4) is 0 Å². The Morgan fingerprint density at radius 3 is 2.68 bits per heavy atom. The number of benzene rings is 2. The third-order valence-corrected chi connectivity index (χ3v) is 7.48. The second-order valence-corrected chi connectivity index (χ2v) is 10.2. The Bertz CT molecular complexity index is 1100. The van der Waals surface area contributed by atoms with Crippen LogP contribution >= 0.6 is 11.3 Å². The van der Waals surface area contributed by atoms with Gasteiger partial charge in [-0.05, 0) is 42.7 Å². The fourth-order valence-electron chi connectivity index (χ4n) is 2.68. The number of fused-ring (bicyclic) bond motifs is 1. The minimum absolute atomic E-state index is 0.0279. The monoisotopic (exact) mass is 418 g/mol. The number of sulfone groups is 1. The summed E-state index contributed by atoms with van der Waals surface area (Å²) < 4.78 is 31.1. The van der Waals surface area contributed by atoms with E-state index >= 15 is 0 Å². The molecule has 0 atom stereocenters. The molecule has 148 valence electrons. The van der Waals surface area contributed by atoms with Gasteiger partial charge in [0.25, 0.3) is 5.91 Å². The van der Waals surface area contributed by atoms with Gasteiger partial charge in [0.15, 0.2) is 6.61 Å². The van der Waals surface area contributed by atoms with Gasteiger partial charge in [-0.2, -0.15) is 0 Å². The summed E-state index contributed by atoms with van der Waals surface area (Å²) in [4.78, 5) is 16.4. The topological polar surface area (TPSA) is 85.4 Å². The van der Waals surface area contributed by atoms with Crippen molar-refractivity contribution >= 4 is 43.0 Å². The Hall–Kier alpha value is -2.45. The van der Waals surface area contributed by atoms with Crippen molar-refractivity contribution in [3.05, 3.63) is 48.0 Å². The fraction of sp³-hybridized carbons (Fsp3) is 0.300. The summed E-state index contributed by atoms with van der Waals surface area (Å²) in [6.45, 7) is 5.52. The summed E-state index contributed by atoms with van der Waals surface area (Å²) in [7, 11) is -3.40. The number of ether oxygens (including phenoxy) is 1. The molecule has 3 aromatic rings. The van der Waals surface area contributed by atoms with E-state index in [1.165, 1.54) is 0 Å². The zero-order valence-electron chi connectivity index (χ0n) is 15.9. The van der Waals surface area contributed by atoms with E-state index in [0.29, 0.717) is 21.7 Å². The molecule has 3 rings (SSSR count). The predicted octanol–water partition coefficient (Wildman–Crippen LogP) is 4.05. The summed E-state index contributed by atoms with van der Waals surface area (Å²) in [6.07, 6.45) is 0. The summed E-state index contributed by atoms with van der Waals surface area (Å²) >= 11 is 1.12. The van der Waals surface area contributed by atoms with Crippen LogP contribution < -0.4 is 10.1 Å². The number of carbonyl (C=O) groups excluding carboxylic acids is 1. The molecular formula is C20H22N2O4S2. The number of para-hydroxylation sites is 1. The van der Waals surface area contributed by atoms with Crippen molar-refractivity contribution in [2.24, 2.45) is 5.92 Å². The number of carbonyl (C=O) groups is 1. The molecule has 1 N–H and O–H groups in total. The molecule has 2 aromatic carbocycles. The zero-order chi connectivity index (χ0) is 20.3. The molecule has 0 saturated heterocycles. The molecular weight excluding hydrogens is 396 g/mol. The van der Waals surface area contributed by atoms with Crippen LogP contribution in [0.15, 0.2) is 46.8 Å². The van der Waals surface area contributed by atoms with Gasteiger partial charge in [0, 0.05) is 5.69 Å². The maximum Gasteiger partial charge on any atom is 0.262 e. The van der Waals surface area contributed by atoms with E-state index in [4.69, 9.17) is 4.74 Å². The number of hydrogen-bond acceptors (Lipinski definition) is 6. The van der Waals surface area contributed by atoms with Gasteiger partial charge >= 0.3 is 0 Å². The van der Waals surface area contributed by atoms with Crippen LogP contribution in [0, 0.1) is 12.8 Å². The molecule has 0 aliphatic rings. The van der Waals surface area contributed by atoms with Crippen molar-refractivity contribution in [1.29, 1.82) is 0 Å². The van der Waals surface area contributed by atoms with Crippen molar-refractivity contribution in [3.63, 3.8) is 0 Å². The molecule has 6 nitrogen and oxygen atoms in total. The highest BCUT2D eigenvalue weighted by Crippen LogP contribution is 2.29. The van der Waals surface area contributed by atoms with Crippen LogP contribution in [-0.4, -0.2) is 31.7 Å². The number of aromatic nitrogens is 1. The number of thiazole rings is 1. The number of rotatable bonds is 7. The number of anilines is 1. The summed E-state index contributed by atoms with van der Waals surface area (Å²) in [6, 6.07) is 12.6. The van der Waals surface area contributed by atoms with E-state index in [2.05, 4.69) is 10.3 Å². The Balaban J connectivity index is 1.70. The first-order valence-corrected chi connectivity index (χ1v) is 11.3. The molecule has 1 heterocycles. The fourth-order valence-corrected chi connectivity index (χ4v) is 5.66. The highest BCUT2D eigenvalue weighted by molar-refractivity contribution is 7.93. The van der Waals surface area contributed by atoms with Gasteiger partial charge in [0.1, 0.15) is 5.75 Å². The molecule has 1 aromatic heterocycles. The molecule has 0 aliphatic carbocycles. The first-order valence-electron chi connectivity index (χ1n) is 8.86. The van der Waals surface area contributed by atoms with E-state index in [1.54, 1.807) is 18.2 Å². The van der Waals surface area contributed by atoms with Crippen LogP contribution in [0.5, 0.6) is 5.75 Å². The molecule has 0 aliphatic heterocycles. The summed E-state index contributed by atoms with van der Waals surface area (Å²) in [5.74, 6) is 0.461. The van der Waals surface area contributed by atoms with Gasteiger partial charge in [-0.3, -0.25) is 4.79 Å². The molecule has 0 bridgehead atoms. The molecule has 0 fully saturated rings. The van der Waals surface area contributed by atoms with Crippen molar-refractivity contribution in [2.45, 2.75) is 25.1 Å². The summed E-state index contributed by atoms with van der Waals surface area (Å²) in [5, 5.41) is 2.77. The van der Waals surface area contributed by atoms with Gasteiger partial charge in [-0.25, -0.2) is 13.4 Å². The largest absolute Gasteiger partial charge is 0.483 e. The Labute approximate surface area is 168 Å². The average molecular weight is 419 g/mol. The first kappa shape index (κ1) is 20.3. The lowest BCUT2D eigenvalue weighted by Gasteiger charge is -2.09. The third kappa shape index (κ3) is 4.88. The maximum atomic E-state index is 12.4. The van der Waals surface area contributed by atoms with Crippen LogP contribution in [0.4, 0.5) is 5.69 Å². The Morgan fingerprint density at radius 1 is 1.21 bits per heavy atom. The lowest BCUT2D eigenvalue weighted by Crippen LogP contribution is -2.20. The third-order valence-electron chi connectivity index (χ3n) is 3.92. The van der Waals surface area contributed by atoms with Crippen LogP contribution in [-0.2, 0) is 14.6 Å². The SMILES string of the molecule is Cc1ccccc1OCC(=O)Nc1ccc2nc(S(=O)(=O)CC(C)C)sc2c1. The van der Waals surface area contributed by atoms with Crippen molar-refractivity contribution in [1.82, 2.24) is 4.98 Å². The number of amides is 1. The van der Waals surface area contributed by atoms with Crippen molar-refractivity contribution in [2.75, 3.05) is 17.7 Å². The molecule has 8 heteroatoms. The quantitative estimate of drug-likeness (QED) is 0.626. The summed E-state index contributed by atoms with van der Waals surface area (Å²) in [5.41, 5.74) is 2.13. The second kappa shape index (κ2) is 8.28. The number of aryl methyl sites for hydroxylation is 1. The Kier molecular flexibility index (Phi) is 6.00. The van der Waals surface area contributed by atoms with E-state index in [-0.39, 0.29) is 28.5 Å². The molecule has 0 unspecified atom stereocenters. The molecule has 28 heavy (non-hydrogen) atoms. The van der Waals surface area contributed by atoms with Crippen molar-refractivity contribution < 1.29 is 17.9 Å². The van der Waals surface area contributed by atoms with Gasteiger partial charge in [-0.1, -0.05) is 32.0 Å². The average Bonchev–Trinajstić information content (AvgIpc) is 3.04. The standard InChI is InChI=1S/C20H22N2O4S2/c1-13(2)12-28(24,25)20-22-16-9-8-15(10-18(16)27-20)21-19(23)11-26-17-7-5-4-6-14(17)3/h4-10,13H,11-12H2,1-3H3,(H,21,23). The minimum atomic E-state index is -3.40. The highest BCUT2D eigenvalue weighted by atomic mass is 32.2. The molecule has 0 saturated carbocycles. The molecule has 0 spiro atoms. The second-order valence-electron chi connectivity index (χ2n) is 6.94. The molecule has 0 radical (unpaired) electrons. The van der Waals surface area contributed by atoms with Gasteiger partial charge < -0.3 is 10.1 Å². The number of nitrogens with one attached hydrogen (secondary N) is 1. The Morgan fingerprint density at radius 2 is 1.96 bits per heavy atom. The van der Waals surface area contributed by atoms with Gasteiger partial charge in [0.05, 0.1) is 16.0 Å². The van der Waals surface area contributed by atoms with E-state index in [0.717, 1.165) is 16.9 Å². The lowest BCUT2D eigenvalue weighted by molar-refractivity contribution is -0.118. The highest BCUT2D eigenvalue weighted by Gasteiger charge is 2.21. The van der Waals surface area contributed by atoms with Crippen molar-refractivity contribution in [3.8, 4) is 5.75 Å². The van der Waals surface area contributed by atoms with Crippen LogP contribution in [0.2, 0.25) is 0 Å². The molecule has 1 amide bonds. The maximum absolute atomic E-state index is 12.4. The van der Waals surface area contributed by atoms with E-state index in [9.17, 15) is 13.2 Å². The normalized spacial score (nSPS) is 11.7. The lowest BCUT2D eigenvalue weighted by atomic mass is 10.2. The zero-order valence-corrected chi connectivity index (χ0v) is 17.6. The smallest absolute Gasteiger partial charge is 0.262 e. The van der Waals surface area contributed by atoms with Crippen LogP contribution in [0.25, 0.3) is 10.2 Å². The first-order chi connectivity index (χ1) is 13.2. The van der Waals surface area contributed by atoms with Gasteiger partial charge in [-0.15, -0.1) is 11.3 Å². The van der Waals surface area contributed by atoms with Gasteiger partial charge in [0.2, 0.25) is 14.2 Å². The predicted molar refractivity (Wildman–Crippen MR) is 112 cm³/mol. The number of hydrogen-bond donors (Lipinski definition) is 1. The van der Waals surface area contributed by atoms with Crippen LogP contribution in [0.1, 0.15) is 19.4 Å².